The van der Waals surface area contributed by atoms with Gasteiger partial charge in [-0.25, -0.2) is 4.79 Å². The average molecular weight is 509 g/mol. The van der Waals surface area contributed by atoms with Crippen LogP contribution in [-0.4, -0.2) is 62.3 Å². The predicted octanol–water partition coefficient (Wildman–Crippen LogP) is 6.03. The number of aliphatic hydroxyl groups is 1. The van der Waals surface area contributed by atoms with Gasteiger partial charge in [0.2, 0.25) is 5.91 Å². The number of benzene rings is 2. The van der Waals surface area contributed by atoms with Gasteiger partial charge in [0.1, 0.15) is 11.5 Å². The fourth-order valence-corrected chi connectivity index (χ4v) is 6.04. The minimum atomic E-state index is -1.12. The monoisotopic (exact) mass is 508 g/mol. The minimum Gasteiger partial charge on any atom is -0.465 e. The minimum absolute atomic E-state index is 0.0858. The zero-order valence-electron chi connectivity index (χ0n) is 22.2. The van der Waals surface area contributed by atoms with Crippen LogP contribution in [0.3, 0.4) is 0 Å². The summed E-state index contributed by atoms with van der Waals surface area (Å²) in [5, 5.41) is 21.6. The van der Waals surface area contributed by atoms with Crippen LogP contribution in [0.25, 0.3) is 0 Å². The van der Waals surface area contributed by atoms with Crippen molar-refractivity contribution in [3.63, 3.8) is 0 Å². The molecule has 1 unspecified atom stereocenters. The van der Waals surface area contributed by atoms with Crippen LogP contribution < -0.4 is 4.74 Å². The lowest BCUT2D eigenvalue weighted by Crippen LogP contribution is -2.56. The van der Waals surface area contributed by atoms with Gasteiger partial charge >= 0.3 is 6.09 Å². The second-order valence-corrected chi connectivity index (χ2v) is 11.5. The molecule has 1 aliphatic carbocycles. The van der Waals surface area contributed by atoms with E-state index in [4.69, 9.17) is 4.74 Å². The van der Waals surface area contributed by atoms with Crippen molar-refractivity contribution in [1.29, 1.82) is 0 Å². The zero-order chi connectivity index (χ0) is 26.6. The van der Waals surface area contributed by atoms with Crippen LogP contribution in [0, 0.1) is 0 Å². The number of carbonyl (C=O) groups excluding carboxylic acids is 1. The smallest absolute Gasteiger partial charge is 0.407 e. The quantitative estimate of drug-likeness (QED) is 0.497. The number of para-hydroxylation sites is 1. The molecule has 1 heterocycles. The first-order chi connectivity index (χ1) is 17.6. The topological polar surface area (TPSA) is 90.3 Å². The summed E-state index contributed by atoms with van der Waals surface area (Å²) in [7, 11) is 0. The normalized spacial score (nSPS) is 19.2. The highest BCUT2D eigenvalue weighted by molar-refractivity contribution is 5.85. The molecule has 0 bridgehead atoms. The third-order valence-corrected chi connectivity index (χ3v) is 7.74. The predicted molar refractivity (Wildman–Crippen MR) is 143 cm³/mol. The van der Waals surface area contributed by atoms with Crippen molar-refractivity contribution < 1.29 is 24.5 Å². The second-order valence-electron chi connectivity index (χ2n) is 11.5. The lowest BCUT2D eigenvalue weighted by Gasteiger charge is -2.45. The Kier molecular flexibility index (Phi) is 8.12. The maximum Gasteiger partial charge on any atom is 0.407 e. The van der Waals surface area contributed by atoms with E-state index < -0.39 is 23.2 Å². The van der Waals surface area contributed by atoms with E-state index in [2.05, 4.69) is 0 Å². The molecule has 37 heavy (non-hydrogen) atoms. The number of rotatable bonds is 6. The fourth-order valence-electron chi connectivity index (χ4n) is 6.04. The number of carbonyl (C=O) groups is 2. The molecule has 1 aliphatic heterocycles. The molecular formula is C30H40N2O5. The van der Waals surface area contributed by atoms with Gasteiger partial charge in [0.05, 0.1) is 11.5 Å². The van der Waals surface area contributed by atoms with Crippen molar-refractivity contribution in [2.24, 2.45) is 0 Å². The standard InChI is InChI=1S/C30H40N2O5/c1-29(2,3)32(28(34)35)23-15-19-31(20-16-23)27(33)26(30(36)17-8-5-9-18-30)22-11-10-14-25(21-22)37-24-12-6-4-7-13-24/h4,6-7,10-14,21,23,26,36H,5,8-9,15-20H2,1-3H3,(H,34,35). The van der Waals surface area contributed by atoms with Crippen molar-refractivity contribution in [2.45, 2.75) is 88.8 Å². The van der Waals surface area contributed by atoms with Crippen LogP contribution in [0.1, 0.15) is 77.2 Å². The summed E-state index contributed by atoms with van der Waals surface area (Å²) in [6.07, 6.45) is 4.24. The Hall–Kier alpha value is -3.06. The molecule has 0 spiro atoms. The molecule has 0 radical (unpaired) electrons. The van der Waals surface area contributed by atoms with Crippen molar-refractivity contribution in [1.82, 2.24) is 9.80 Å². The molecule has 0 aromatic heterocycles. The first-order valence-electron chi connectivity index (χ1n) is 13.4. The third kappa shape index (κ3) is 6.27. The van der Waals surface area contributed by atoms with Crippen LogP contribution >= 0.6 is 0 Å². The van der Waals surface area contributed by atoms with Crippen molar-refractivity contribution in [3.8, 4) is 11.5 Å². The summed E-state index contributed by atoms with van der Waals surface area (Å²) in [5.41, 5.74) is -0.871. The molecule has 4 rings (SSSR count). The summed E-state index contributed by atoms with van der Waals surface area (Å²) in [4.78, 5) is 29.4. The Morgan fingerprint density at radius 1 is 0.973 bits per heavy atom. The fraction of sp³-hybridized carbons (Fsp3) is 0.533. The molecule has 1 saturated carbocycles. The highest BCUT2D eigenvalue weighted by Gasteiger charge is 2.46. The Morgan fingerprint density at radius 2 is 1.59 bits per heavy atom. The lowest BCUT2D eigenvalue weighted by molar-refractivity contribution is -0.143. The first kappa shape index (κ1) is 27.0. The molecule has 2 amide bonds. The molecule has 7 heteroatoms. The molecule has 1 saturated heterocycles. The summed E-state index contributed by atoms with van der Waals surface area (Å²) < 4.78 is 6.04. The first-order valence-corrected chi connectivity index (χ1v) is 13.4. The van der Waals surface area contributed by atoms with Gasteiger partial charge in [-0.2, -0.15) is 0 Å². The van der Waals surface area contributed by atoms with Gasteiger partial charge in [-0.3, -0.25) is 4.79 Å². The molecule has 7 nitrogen and oxygen atoms in total. The van der Waals surface area contributed by atoms with E-state index >= 15 is 0 Å². The van der Waals surface area contributed by atoms with Crippen molar-refractivity contribution in [3.05, 3.63) is 60.2 Å². The van der Waals surface area contributed by atoms with Crippen LogP contribution in [-0.2, 0) is 4.79 Å². The van der Waals surface area contributed by atoms with Gasteiger partial charge in [-0.05, 0) is 76.3 Å². The third-order valence-electron chi connectivity index (χ3n) is 7.74. The maximum atomic E-state index is 14.1. The van der Waals surface area contributed by atoms with E-state index in [-0.39, 0.29) is 11.9 Å². The number of piperidine rings is 1. The highest BCUT2D eigenvalue weighted by Crippen LogP contribution is 2.42. The van der Waals surface area contributed by atoms with E-state index in [1.807, 2.05) is 80.3 Å². The Morgan fingerprint density at radius 3 is 2.19 bits per heavy atom. The lowest BCUT2D eigenvalue weighted by atomic mass is 9.72. The largest absolute Gasteiger partial charge is 0.465 e. The van der Waals surface area contributed by atoms with Gasteiger partial charge in [0, 0.05) is 24.7 Å². The van der Waals surface area contributed by atoms with Crippen LogP contribution in [0.4, 0.5) is 4.79 Å². The van der Waals surface area contributed by atoms with E-state index in [1.165, 1.54) is 4.90 Å². The Bertz CT molecular complexity index is 1070. The average Bonchev–Trinajstić information content (AvgIpc) is 2.85. The number of hydrogen-bond acceptors (Lipinski definition) is 4. The van der Waals surface area contributed by atoms with Gasteiger partial charge in [-0.15, -0.1) is 0 Å². The van der Waals surface area contributed by atoms with Gasteiger partial charge in [0.15, 0.2) is 0 Å². The number of likely N-dealkylation sites (tertiary alicyclic amines) is 1. The zero-order valence-corrected chi connectivity index (χ0v) is 22.2. The Labute approximate surface area is 220 Å². The Balaban J connectivity index is 1.57. The number of amides is 2. The van der Waals surface area contributed by atoms with Gasteiger partial charge in [-0.1, -0.05) is 49.6 Å². The molecule has 2 fully saturated rings. The maximum absolute atomic E-state index is 14.1. The highest BCUT2D eigenvalue weighted by atomic mass is 16.5. The van der Waals surface area contributed by atoms with Crippen molar-refractivity contribution >= 4 is 12.0 Å². The molecule has 2 aromatic carbocycles. The summed E-state index contributed by atoms with van der Waals surface area (Å²) in [5.74, 6) is 0.559. The molecule has 1 atom stereocenters. The van der Waals surface area contributed by atoms with Gasteiger partial charge < -0.3 is 24.7 Å². The van der Waals surface area contributed by atoms with Gasteiger partial charge in [0.25, 0.3) is 0 Å². The molecule has 2 N–H and O–H groups in total. The summed E-state index contributed by atoms with van der Waals surface area (Å²) in [6.45, 7) is 6.64. The molecule has 2 aliphatic rings. The SMILES string of the molecule is CC(C)(C)N(C(=O)O)C1CCN(C(=O)C(c2cccc(Oc3ccccc3)c2)C2(O)CCCCC2)CC1. The summed E-state index contributed by atoms with van der Waals surface area (Å²) in [6, 6.07) is 16.9. The van der Waals surface area contributed by atoms with E-state index in [1.54, 1.807) is 0 Å². The molecule has 2 aromatic rings. The number of ether oxygens (including phenoxy) is 1. The van der Waals surface area contributed by atoms with E-state index in [0.29, 0.717) is 50.3 Å². The molecule has 200 valence electrons. The number of carboxylic acid groups (broad SMARTS) is 1. The van der Waals surface area contributed by atoms with Crippen LogP contribution in [0.5, 0.6) is 11.5 Å². The number of nitrogens with zero attached hydrogens (tertiary/aromatic N) is 2. The number of hydrogen-bond donors (Lipinski definition) is 2. The van der Waals surface area contributed by atoms with Crippen molar-refractivity contribution in [2.75, 3.05) is 13.1 Å². The second kappa shape index (κ2) is 11.1. The van der Waals surface area contributed by atoms with Crippen LogP contribution in [0.15, 0.2) is 54.6 Å². The van der Waals surface area contributed by atoms with Crippen LogP contribution in [0.2, 0.25) is 0 Å². The summed E-state index contributed by atoms with van der Waals surface area (Å²) >= 11 is 0. The van der Waals surface area contributed by atoms with E-state index in [0.717, 1.165) is 24.8 Å². The van der Waals surface area contributed by atoms with E-state index in [9.17, 15) is 19.8 Å². The molecular weight excluding hydrogens is 468 g/mol.